The van der Waals surface area contributed by atoms with Crippen molar-refractivity contribution in [2.75, 3.05) is 13.1 Å². The van der Waals surface area contributed by atoms with Crippen LogP contribution in [0, 0.1) is 11.8 Å². The van der Waals surface area contributed by atoms with E-state index in [2.05, 4.69) is 24.4 Å². The summed E-state index contributed by atoms with van der Waals surface area (Å²) in [5.41, 5.74) is 6.78. The van der Waals surface area contributed by atoms with Gasteiger partial charge in [-0.3, -0.25) is 9.59 Å². The smallest absolute Gasteiger partial charge is 0.223 e. The van der Waals surface area contributed by atoms with Gasteiger partial charge in [0.1, 0.15) is 5.78 Å². The van der Waals surface area contributed by atoms with Gasteiger partial charge in [0.2, 0.25) is 5.91 Å². The highest BCUT2D eigenvalue weighted by Crippen LogP contribution is 2.20. The zero-order valence-electron chi connectivity index (χ0n) is 15.8. The normalized spacial score (nSPS) is 13.2. The summed E-state index contributed by atoms with van der Waals surface area (Å²) in [6.45, 7) is 5.37. The summed E-state index contributed by atoms with van der Waals surface area (Å²) in [4.78, 5) is 25.2. The van der Waals surface area contributed by atoms with Crippen LogP contribution in [0.25, 0.3) is 0 Å². The van der Waals surface area contributed by atoms with Gasteiger partial charge in [-0.1, -0.05) is 50.6 Å². The first-order chi connectivity index (χ1) is 12.1. The first-order valence-corrected chi connectivity index (χ1v) is 9.66. The second kappa shape index (κ2) is 12.6. The van der Waals surface area contributed by atoms with Crippen molar-refractivity contribution >= 4 is 11.7 Å². The van der Waals surface area contributed by atoms with E-state index in [0.717, 1.165) is 32.1 Å². The molecular formula is C21H34N2O2. The summed E-state index contributed by atoms with van der Waals surface area (Å²) in [6.07, 6.45) is 5.34. The van der Waals surface area contributed by atoms with Crippen molar-refractivity contribution in [1.29, 1.82) is 0 Å². The second-order valence-electron chi connectivity index (χ2n) is 6.74. The largest absolute Gasteiger partial charge is 0.356 e. The van der Waals surface area contributed by atoms with Gasteiger partial charge in [0.05, 0.1) is 0 Å². The number of benzene rings is 1. The highest BCUT2D eigenvalue weighted by Gasteiger charge is 2.25. The molecule has 3 N–H and O–H groups in total. The van der Waals surface area contributed by atoms with E-state index in [9.17, 15) is 9.59 Å². The van der Waals surface area contributed by atoms with Gasteiger partial charge in [0.15, 0.2) is 0 Å². The van der Waals surface area contributed by atoms with Crippen LogP contribution < -0.4 is 11.1 Å². The van der Waals surface area contributed by atoms with Crippen molar-refractivity contribution < 1.29 is 9.59 Å². The average molecular weight is 347 g/mol. The summed E-state index contributed by atoms with van der Waals surface area (Å²) in [5, 5.41) is 2.97. The molecular weight excluding hydrogens is 312 g/mol. The number of hydrogen-bond donors (Lipinski definition) is 2. The van der Waals surface area contributed by atoms with E-state index in [4.69, 9.17) is 5.73 Å². The predicted octanol–water partition coefficient (Wildman–Crippen LogP) is 3.49. The van der Waals surface area contributed by atoms with E-state index < -0.39 is 0 Å². The fourth-order valence-electron chi connectivity index (χ4n) is 3.02. The molecule has 0 heterocycles. The number of unbranched alkanes of at least 4 members (excludes halogenated alkanes) is 1. The molecule has 1 aromatic carbocycles. The molecule has 0 saturated heterocycles. The number of Topliss-reactive ketones (excluding diaryl/α,β-unsaturated/α-hetero) is 1. The van der Waals surface area contributed by atoms with E-state index >= 15 is 0 Å². The highest BCUT2D eigenvalue weighted by atomic mass is 16.2. The SMILES string of the molecule is CCCCNC(=O)[C@H](CCCN)CC(=O)[C@@H](CC)Cc1ccccc1. The Morgan fingerprint density at radius 1 is 1.08 bits per heavy atom. The highest BCUT2D eigenvalue weighted by molar-refractivity contribution is 5.88. The molecule has 0 aliphatic rings. The summed E-state index contributed by atoms with van der Waals surface area (Å²) in [7, 11) is 0. The molecule has 1 rings (SSSR count). The Balaban J connectivity index is 2.65. The molecule has 25 heavy (non-hydrogen) atoms. The van der Waals surface area contributed by atoms with Gasteiger partial charge < -0.3 is 11.1 Å². The summed E-state index contributed by atoms with van der Waals surface area (Å²) < 4.78 is 0. The third-order valence-electron chi connectivity index (χ3n) is 4.68. The van der Waals surface area contributed by atoms with Gasteiger partial charge in [0, 0.05) is 24.8 Å². The number of carbonyl (C=O) groups excluding carboxylic acids is 2. The quantitative estimate of drug-likeness (QED) is 0.537. The molecule has 4 heteroatoms. The lowest BCUT2D eigenvalue weighted by atomic mass is 9.86. The Hall–Kier alpha value is -1.68. The molecule has 0 aliphatic carbocycles. The predicted molar refractivity (Wildman–Crippen MR) is 103 cm³/mol. The first kappa shape index (κ1) is 21.4. The van der Waals surface area contributed by atoms with Crippen LogP contribution in [0.5, 0.6) is 0 Å². The minimum Gasteiger partial charge on any atom is -0.356 e. The number of ketones is 1. The number of nitrogens with one attached hydrogen (secondary N) is 1. The van der Waals surface area contributed by atoms with Crippen molar-refractivity contribution in [2.45, 2.75) is 58.8 Å². The Bertz CT molecular complexity index is 502. The Kier molecular flexibility index (Phi) is 10.8. The Morgan fingerprint density at radius 2 is 1.80 bits per heavy atom. The van der Waals surface area contributed by atoms with Crippen LogP contribution >= 0.6 is 0 Å². The van der Waals surface area contributed by atoms with Crippen LogP contribution in [0.2, 0.25) is 0 Å². The summed E-state index contributed by atoms with van der Waals surface area (Å²) in [5.74, 6) is -0.0761. The number of amides is 1. The van der Waals surface area contributed by atoms with Crippen molar-refractivity contribution in [1.82, 2.24) is 5.32 Å². The lowest BCUT2D eigenvalue weighted by molar-refractivity contribution is -0.131. The maximum atomic E-state index is 12.8. The zero-order valence-corrected chi connectivity index (χ0v) is 15.8. The fourth-order valence-corrected chi connectivity index (χ4v) is 3.02. The molecule has 0 saturated carbocycles. The number of rotatable bonds is 13. The molecule has 0 spiro atoms. The van der Waals surface area contributed by atoms with E-state index in [1.165, 1.54) is 5.56 Å². The van der Waals surface area contributed by atoms with Crippen LogP contribution in [0.1, 0.15) is 57.9 Å². The fraction of sp³-hybridized carbons (Fsp3) is 0.619. The molecule has 1 aromatic rings. The summed E-state index contributed by atoms with van der Waals surface area (Å²) >= 11 is 0. The van der Waals surface area contributed by atoms with Crippen LogP contribution in [-0.2, 0) is 16.0 Å². The van der Waals surface area contributed by atoms with Crippen molar-refractivity contribution in [3.8, 4) is 0 Å². The Labute approximate surface area is 152 Å². The maximum absolute atomic E-state index is 12.8. The van der Waals surface area contributed by atoms with E-state index in [1.54, 1.807) is 0 Å². The van der Waals surface area contributed by atoms with Crippen molar-refractivity contribution in [3.05, 3.63) is 35.9 Å². The molecule has 4 nitrogen and oxygen atoms in total. The number of carbonyl (C=O) groups is 2. The van der Waals surface area contributed by atoms with Gasteiger partial charge in [0.25, 0.3) is 0 Å². The van der Waals surface area contributed by atoms with Crippen LogP contribution in [-0.4, -0.2) is 24.8 Å². The minimum absolute atomic E-state index is 0.00446. The van der Waals surface area contributed by atoms with Crippen molar-refractivity contribution in [2.24, 2.45) is 17.6 Å². The molecule has 0 aliphatic heterocycles. The zero-order chi connectivity index (χ0) is 18.5. The molecule has 1 amide bonds. The average Bonchev–Trinajstić information content (AvgIpc) is 2.63. The standard InChI is InChI=1S/C21H34N2O2/c1-3-5-14-23-21(25)19(12-9-13-22)16-20(24)18(4-2)15-17-10-7-6-8-11-17/h6-8,10-11,18-19H,3-5,9,12-16,22H2,1-2H3,(H,23,25)/t18-,19+/m0/s1. The van der Waals surface area contributed by atoms with Crippen LogP contribution in [0.15, 0.2) is 30.3 Å². The van der Waals surface area contributed by atoms with Gasteiger partial charge in [-0.05, 0) is 44.2 Å². The third kappa shape index (κ3) is 8.30. The third-order valence-corrected chi connectivity index (χ3v) is 4.68. The molecule has 0 fully saturated rings. The molecule has 0 radical (unpaired) electrons. The monoisotopic (exact) mass is 346 g/mol. The maximum Gasteiger partial charge on any atom is 0.223 e. The van der Waals surface area contributed by atoms with E-state index in [0.29, 0.717) is 25.9 Å². The van der Waals surface area contributed by atoms with Gasteiger partial charge >= 0.3 is 0 Å². The number of nitrogens with two attached hydrogens (primary N) is 1. The molecule has 0 bridgehead atoms. The molecule has 140 valence electrons. The second-order valence-corrected chi connectivity index (χ2v) is 6.74. The molecule has 2 atom stereocenters. The van der Waals surface area contributed by atoms with E-state index in [1.807, 2.05) is 25.1 Å². The minimum atomic E-state index is -0.252. The van der Waals surface area contributed by atoms with Crippen LogP contribution in [0.4, 0.5) is 0 Å². The van der Waals surface area contributed by atoms with Gasteiger partial charge in [-0.15, -0.1) is 0 Å². The first-order valence-electron chi connectivity index (χ1n) is 9.66. The Morgan fingerprint density at radius 3 is 2.40 bits per heavy atom. The lowest BCUT2D eigenvalue weighted by Crippen LogP contribution is -2.34. The lowest BCUT2D eigenvalue weighted by Gasteiger charge is -2.20. The van der Waals surface area contributed by atoms with Crippen LogP contribution in [0.3, 0.4) is 0 Å². The van der Waals surface area contributed by atoms with Gasteiger partial charge in [-0.25, -0.2) is 0 Å². The summed E-state index contributed by atoms with van der Waals surface area (Å²) in [6, 6.07) is 10.1. The molecule has 0 aromatic heterocycles. The molecule has 0 unspecified atom stereocenters. The number of hydrogen-bond acceptors (Lipinski definition) is 3. The van der Waals surface area contributed by atoms with E-state index in [-0.39, 0.29) is 23.5 Å². The van der Waals surface area contributed by atoms with Crippen molar-refractivity contribution in [3.63, 3.8) is 0 Å². The van der Waals surface area contributed by atoms with Gasteiger partial charge in [-0.2, -0.15) is 0 Å². The topological polar surface area (TPSA) is 72.2 Å².